The van der Waals surface area contributed by atoms with Crippen molar-refractivity contribution in [2.75, 3.05) is 11.9 Å². The minimum atomic E-state index is -0.750. The summed E-state index contributed by atoms with van der Waals surface area (Å²) >= 11 is 0. The maximum atomic E-state index is 14.3. The van der Waals surface area contributed by atoms with Crippen molar-refractivity contribution in [1.29, 1.82) is 0 Å². The van der Waals surface area contributed by atoms with E-state index in [-0.39, 0.29) is 35.7 Å². The molecule has 0 radical (unpaired) electrons. The molecule has 2 aliphatic heterocycles. The Morgan fingerprint density at radius 1 is 1.00 bits per heavy atom. The highest BCUT2D eigenvalue weighted by Crippen LogP contribution is 2.35. The highest BCUT2D eigenvalue weighted by molar-refractivity contribution is 5.99. The van der Waals surface area contributed by atoms with Crippen LogP contribution in [0.1, 0.15) is 46.9 Å². The first-order valence-electron chi connectivity index (χ1n) is 9.70. The summed E-state index contributed by atoms with van der Waals surface area (Å²) in [5.41, 5.74) is 2.72. The number of hydrogen-bond acceptors (Lipinski definition) is 5. The molecule has 0 spiro atoms. The average Bonchev–Trinajstić information content (AvgIpc) is 3.21. The third-order valence-electron chi connectivity index (χ3n) is 5.62. The van der Waals surface area contributed by atoms with Crippen molar-refractivity contribution in [3.8, 4) is 11.4 Å². The number of halogens is 2. The van der Waals surface area contributed by atoms with E-state index < -0.39 is 11.6 Å². The van der Waals surface area contributed by atoms with E-state index in [1.165, 1.54) is 6.07 Å². The quantitative estimate of drug-likeness (QED) is 0.696. The number of nitrogens with zero attached hydrogens (tertiary/aromatic N) is 3. The topological polar surface area (TPSA) is 79.8 Å². The first kappa shape index (κ1) is 18.6. The zero-order valence-electron chi connectivity index (χ0n) is 16.5. The van der Waals surface area contributed by atoms with Gasteiger partial charge in [0.2, 0.25) is 0 Å². The molecule has 0 aliphatic carbocycles. The molecule has 152 valence electrons. The molecule has 1 aromatic carbocycles. The third kappa shape index (κ3) is 2.91. The van der Waals surface area contributed by atoms with Gasteiger partial charge in [0.1, 0.15) is 17.5 Å². The Hall–Kier alpha value is -3.42. The molecule has 4 heterocycles. The normalized spacial score (nSPS) is 16.1. The number of fused-ring (bicyclic) bond motifs is 2. The zero-order chi connectivity index (χ0) is 21.0. The molecule has 5 rings (SSSR count). The van der Waals surface area contributed by atoms with Crippen LogP contribution in [0.5, 0.6) is 0 Å². The first-order chi connectivity index (χ1) is 14.3. The van der Waals surface area contributed by atoms with Crippen molar-refractivity contribution in [3.05, 3.63) is 70.2 Å². The van der Waals surface area contributed by atoms with Gasteiger partial charge in [0, 0.05) is 29.6 Å². The number of nitrogens with one attached hydrogen (secondary N) is 2. The molecular weight excluding hydrogens is 388 g/mol. The summed E-state index contributed by atoms with van der Waals surface area (Å²) in [6, 6.07) is 7.53. The predicted octanol–water partition coefficient (Wildman–Crippen LogP) is 3.35. The van der Waals surface area contributed by atoms with Crippen LogP contribution < -0.4 is 10.6 Å². The second-order valence-electron chi connectivity index (χ2n) is 8.21. The van der Waals surface area contributed by atoms with Gasteiger partial charge in [-0.05, 0) is 18.2 Å². The summed E-state index contributed by atoms with van der Waals surface area (Å²) in [7, 11) is 0. The van der Waals surface area contributed by atoms with Gasteiger partial charge < -0.3 is 10.6 Å². The lowest BCUT2D eigenvalue weighted by atomic mass is 9.88. The Labute approximate surface area is 171 Å². The molecule has 2 aromatic heterocycles. The second kappa shape index (κ2) is 6.55. The Morgan fingerprint density at radius 3 is 2.53 bits per heavy atom. The lowest BCUT2D eigenvalue weighted by Gasteiger charge is -2.16. The minimum Gasteiger partial charge on any atom is -0.369 e. The summed E-state index contributed by atoms with van der Waals surface area (Å²) in [5.74, 6) is -1.05. The van der Waals surface area contributed by atoms with Crippen molar-refractivity contribution in [1.82, 2.24) is 20.3 Å². The number of carbonyl (C=O) groups is 1. The number of hydrogen-bond donors (Lipinski definition) is 2. The van der Waals surface area contributed by atoms with Crippen LogP contribution in [0.4, 0.5) is 14.6 Å². The standard InChI is InChI=1S/C22H19F2N5O/c1-22(2)10-26-19-12(22)7-6-11(27-19)8-15-18-16(9-25-21(18)30)29-20(28-15)17-13(23)4-3-5-14(17)24/h3-7H,8-10H2,1-2H3,(H,25,30)(H,26,27). The lowest BCUT2D eigenvalue weighted by Crippen LogP contribution is -2.18. The van der Waals surface area contributed by atoms with Gasteiger partial charge in [-0.1, -0.05) is 26.0 Å². The van der Waals surface area contributed by atoms with Crippen LogP contribution in [0.25, 0.3) is 11.4 Å². The van der Waals surface area contributed by atoms with Crippen molar-refractivity contribution in [2.45, 2.75) is 32.2 Å². The van der Waals surface area contributed by atoms with Gasteiger partial charge in [0.15, 0.2) is 5.82 Å². The number of amides is 1. The molecule has 0 atom stereocenters. The van der Waals surface area contributed by atoms with Gasteiger partial charge >= 0.3 is 0 Å². The number of carbonyl (C=O) groups excluding carboxylic acids is 1. The molecule has 0 saturated heterocycles. The first-order valence-corrected chi connectivity index (χ1v) is 9.70. The van der Waals surface area contributed by atoms with E-state index in [9.17, 15) is 13.6 Å². The lowest BCUT2D eigenvalue weighted by molar-refractivity contribution is 0.0964. The Morgan fingerprint density at radius 2 is 1.77 bits per heavy atom. The van der Waals surface area contributed by atoms with Crippen molar-refractivity contribution >= 4 is 11.7 Å². The summed E-state index contributed by atoms with van der Waals surface area (Å²) in [6.07, 6.45) is 0.247. The van der Waals surface area contributed by atoms with E-state index in [2.05, 4.69) is 39.4 Å². The summed E-state index contributed by atoms with van der Waals surface area (Å²) < 4.78 is 28.6. The van der Waals surface area contributed by atoms with Crippen LogP contribution in [-0.2, 0) is 18.4 Å². The molecule has 3 aromatic rings. The van der Waals surface area contributed by atoms with Crippen molar-refractivity contribution < 1.29 is 13.6 Å². The van der Waals surface area contributed by atoms with E-state index in [1.54, 1.807) is 0 Å². The molecule has 1 amide bonds. The maximum absolute atomic E-state index is 14.3. The van der Waals surface area contributed by atoms with E-state index in [0.29, 0.717) is 22.6 Å². The SMILES string of the molecule is CC1(C)CNc2nc(Cc3nc(-c4c(F)cccc4F)nc4c3C(=O)NC4)ccc21. The largest absolute Gasteiger partial charge is 0.369 e. The third-order valence-corrected chi connectivity index (χ3v) is 5.62. The van der Waals surface area contributed by atoms with Crippen LogP contribution in [-0.4, -0.2) is 27.4 Å². The van der Waals surface area contributed by atoms with Crippen molar-refractivity contribution in [2.24, 2.45) is 0 Å². The fraction of sp³-hybridized carbons (Fsp3) is 0.273. The molecule has 0 fully saturated rings. The van der Waals surface area contributed by atoms with Gasteiger partial charge in [-0.2, -0.15) is 0 Å². The van der Waals surface area contributed by atoms with Gasteiger partial charge in [-0.15, -0.1) is 0 Å². The van der Waals surface area contributed by atoms with Crippen LogP contribution >= 0.6 is 0 Å². The van der Waals surface area contributed by atoms with Crippen LogP contribution in [0.2, 0.25) is 0 Å². The average molecular weight is 407 g/mol. The monoisotopic (exact) mass is 407 g/mol. The molecule has 30 heavy (non-hydrogen) atoms. The highest BCUT2D eigenvalue weighted by atomic mass is 19.1. The Bertz CT molecular complexity index is 1190. The van der Waals surface area contributed by atoms with E-state index >= 15 is 0 Å². The van der Waals surface area contributed by atoms with E-state index in [4.69, 9.17) is 0 Å². The molecule has 0 bridgehead atoms. The number of anilines is 1. The predicted molar refractivity (Wildman–Crippen MR) is 107 cm³/mol. The molecule has 0 saturated carbocycles. The van der Waals surface area contributed by atoms with Gasteiger partial charge in [-0.3, -0.25) is 4.79 Å². The molecule has 0 unspecified atom stereocenters. The van der Waals surface area contributed by atoms with Gasteiger partial charge in [-0.25, -0.2) is 23.7 Å². The molecule has 2 aliphatic rings. The maximum Gasteiger partial charge on any atom is 0.255 e. The summed E-state index contributed by atoms with van der Waals surface area (Å²) in [6.45, 7) is 5.27. The van der Waals surface area contributed by atoms with Crippen LogP contribution in [0.3, 0.4) is 0 Å². The van der Waals surface area contributed by atoms with Crippen molar-refractivity contribution in [3.63, 3.8) is 0 Å². The van der Waals surface area contributed by atoms with E-state index in [1.807, 2.05) is 12.1 Å². The Balaban J connectivity index is 1.60. The molecule has 6 nitrogen and oxygen atoms in total. The summed E-state index contributed by atoms with van der Waals surface area (Å²) in [5, 5.41) is 6.02. The smallest absolute Gasteiger partial charge is 0.255 e. The second-order valence-corrected chi connectivity index (χ2v) is 8.21. The molecule has 2 N–H and O–H groups in total. The number of aromatic nitrogens is 3. The molecule has 8 heteroatoms. The highest BCUT2D eigenvalue weighted by Gasteiger charge is 2.32. The molecular formula is C22H19F2N5O. The van der Waals surface area contributed by atoms with Gasteiger partial charge in [0.05, 0.1) is 29.1 Å². The van der Waals surface area contributed by atoms with Crippen LogP contribution in [0.15, 0.2) is 30.3 Å². The fourth-order valence-electron chi connectivity index (χ4n) is 4.00. The number of rotatable bonds is 3. The fourth-order valence-corrected chi connectivity index (χ4v) is 4.00. The van der Waals surface area contributed by atoms with E-state index in [0.717, 1.165) is 30.1 Å². The summed E-state index contributed by atoms with van der Waals surface area (Å²) in [4.78, 5) is 25.7. The number of pyridine rings is 1. The van der Waals surface area contributed by atoms with Gasteiger partial charge in [0.25, 0.3) is 5.91 Å². The Kier molecular flexibility index (Phi) is 4.06. The zero-order valence-corrected chi connectivity index (χ0v) is 16.5. The number of benzene rings is 1. The minimum absolute atomic E-state index is 0.00749. The van der Waals surface area contributed by atoms with Crippen LogP contribution in [0, 0.1) is 11.6 Å².